The van der Waals surface area contributed by atoms with E-state index in [2.05, 4.69) is 26.0 Å². The van der Waals surface area contributed by atoms with Gasteiger partial charge < -0.3 is 0 Å². The first-order chi connectivity index (χ1) is 8.20. The van der Waals surface area contributed by atoms with Crippen molar-refractivity contribution in [3.8, 4) is 0 Å². The minimum atomic E-state index is 0.871. The third kappa shape index (κ3) is 3.85. The molecule has 1 rings (SSSR count). The Balaban J connectivity index is 3.00. The molecule has 0 aromatic heterocycles. The van der Waals surface area contributed by atoms with Crippen molar-refractivity contribution < 1.29 is 4.79 Å². The molecule has 1 heteroatoms. The van der Waals surface area contributed by atoms with E-state index >= 15 is 0 Å². The second-order valence-electron chi connectivity index (χ2n) is 4.55. The van der Waals surface area contributed by atoms with Crippen LogP contribution in [0.1, 0.15) is 50.7 Å². The Hall–Kier alpha value is -1.37. The van der Waals surface area contributed by atoms with E-state index in [1.165, 1.54) is 29.5 Å². The minimum Gasteiger partial charge on any atom is -0.298 e. The highest BCUT2D eigenvalue weighted by molar-refractivity contribution is 5.88. The minimum absolute atomic E-state index is 0.871. The molecule has 0 bridgehead atoms. The highest BCUT2D eigenvalue weighted by atomic mass is 16.1. The number of carbonyl (C=O) groups excluding carboxylic acids is 1. The first-order valence-electron chi connectivity index (χ1n) is 6.41. The Bertz CT molecular complexity index is 402. The first kappa shape index (κ1) is 13.7. The van der Waals surface area contributed by atoms with Gasteiger partial charge in [0, 0.05) is 0 Å². The molecule has 0 saturated carbocycles. The molecule has 0 atom stereocenters. The van der Waals surface area contributed by atoms with E-state index in [0.29, 0.717) is 0 Å². The second-order valence-corrected chi connectivity index (χ2v) is 4.55. The van der Waals surface area contributed by atoms with Gasteiger partial charge in [-0.25, -0.2) is 0 Å². The fraction of sp³-hybridized carbons (Fsp3) is 0.438. The monoisotopic (exact) mass is 230 g/mol. The molecule has 0 unspecified atom stereocenters. The van der Waals surface area contributed by atoms with Crippen LogP contribution in [0, 0.1) is 6.92 Å². The van der Waals surface area contributed by atoms with Crippen LogP contribution in [0.25, 0.3) is 5.57 Å². The van der Waals surface area contributed by atoms with Gasteiger partial charge in [-0.05, 0) is 49.0 Å². The van der Waals surface area contributed by atoms with Crippen molar-refractivity contribution >= 4 is 11.9 Å². The number of hydrogen-bond donors (Lipinski definition) is 0. The lowest BCUT2D eigenvalue weighted by Gasteiger charge is -2.12. The Kier molecular flexibility index (Phi) is 5.68. The summed E-state index contributed by atoms with van der Waals surface area (Å²) in [7, 11) is 0. The highest BCUT2D eigenvalue weighted by Gasteiger charge is 2.07. The van der Waals surface area contributed by atoms with Crippen LogP contribution >= 0.6 is 0 Å². The van der Waals surface area contributed by atoms with E-state index in [1.807, 2.05) is 19.1 Å². The van der Waals surface area contributed by atoms with Gasteiger partial charge in [0.1, 0.15) is 6.29 Å². The largest absolute Gasteiger partial charge is 0.298 e. The van der Waals surface area contributed by atoms with Gasteiger partial charge >= 0.3 is 0 Å². The number of allylic oxidation sites excluding steroid dienone is 2. The van der Waals surface area contributed by atoms with Gasteiger partial charge in [0.2, 0.25) is 0 Å². The fourth-order valence-electron chi connectivity index (χ4n) is 2.08. The van der Waals surface area contributed by atoms with Crippen LogP contribution < -0.4 is 0 Å². The number of unbranched alkanes of at least 4 members (excludes halogenated alkanes) is 2. The summed E-state index contributed by atoms with van der Waals surface area (Å²) in [6.07, 6.45) is 5.57. The van der Waals surface area contributed by atoms with Gasteiger partial charge in [0.05, 0.1) is 0 Å². The summed E-state index contributed by atoms with van der Waals surface area (Å²) in [4.78, 5) is 11.0. The van der Waals surface area contributed by atoms with Crippen LogP contribution in [-0.2, 0) is 4.79 Å². The average Bonchev–Trinajstić information content (AvgIpc) is 2.35. The third-order valence-electron chi connectivity index (χ3n) is 3.15. The Morgan fingerprint density at radius 1 is 1.24 bits per heavy atom. The molecule has 92 valence electrons. The molecule has 17 heavy (non-hydrogen) atoms. The van der Waals surface area contributed by atoms with Crippen LogP contribution in [0.15, 0.2) is 29.8 Å². The molecule has 0 N–H and O–H groups in total. The van der Waals surface area contributed by atoms with Crippen LogP contribution in [0.4, 0.5) is 0 Å². The van der Waals surface area contributed by atoms with Crippen LogP contribution in [0.5, 0.6) is 0 Å². The molecular formula is C16H22O. The average molecular weight is 230 g/mol. The summed E-state index contributed by atoms with van der Waals surface area (Å²) < 4.78 is 0. The molecule has 0 saturated heterocycles. The number of rotatable bonds is 6. The van der Waals surface area contributed by atoms with E-state index in [0.717, 1.165) is 24.7 Å². The molecule has 0 spiro atoms. The molecule has 1 aromatic rings. The van der Waals surface area contributed by atoms with Gasteiger partial charge in [-0.2, -0.15) is 0 Å². The number of benzene rings is 1. The lowest BCUT2D eigenvalue weighted by atomic mass is 9.93. The molecule has 0 aliphatic rings. The van der Waals surface area contributed by atoms with Crippen LogP contribution in [-0.4, -0.2) is 6.29 Å². The van der Waals surface area contributed by atoms with Crippen molar-refractivity contribution in [3.05, 3.63) is 41.0 Å². The van der Waals surface area contributed by atoms with E-state index in [1.54, 1.807) is 0 Å². The molecule has 1 nitrogen and oxygen atoms in total. The van der Waals surface area contributed by atoms with Crippen molar-refractivity contribution in [2.75, 3.05) is 0 Å². The lowest BCUT2D eigenvalue weighted by molar-refractivity contribution is -0.104. The standard InChI is InChI=1S/C16H22O/c1-4-5-6-10-16(14(3)12-17)15-11-8-7-9-13(15)2/h7-9,11-12H,4-6,10H2,1-3H3/b16-14-. The summed E-state index contributed by atoms with van der Waals surface area (Å²) in [5, 5.41) is 0. The quantitative estimate of drug-likeness (QED) is 0.398. The summed E-state index contributed by atoms with van der Waals surface area (Å²) in [5.41, 5.74) is 4.57. The van der Waals surface area contributed by atoms with Gasteiger partial charge in [0.25, 0.3) is 0 Å². The maximum atomic E-state index is 11.0. The predicted octanol–water partition coefficient (Wildman–Crippen LogP) is 4.55. The van der Waals surface area contributed by atoms with Crippen LogP contribution in [0.2, 0.25) is 0 Å². The van der Waals surface area contributed by atoms with Gasteiger partial charge in [-0.3, -0.25) is 4.79 Å². The normalized spacial score (nSPS) is 12.2. The summed E-state index contributed by atoms with van der Waals surface area (Å²) in [6, 6.07) is 8.30. The number of carbonyl (C=O) groups is 1. The predicted molar refractivity (Wildman–Crippen MR) is 74.0 cm³/mol. The van der Waals surface area contributed by atoms with Gasteiger partial charge in [0.15, 0.2) is 0 Å². The van der Waals surface area contributed by atoms with Crippen molar-refractivity contribution in [2.24, 2.45) is 0 Å². The zero-order valence-electron chi connectivity index (χ0n) is 11.1. The summed E-state index contributed by atoms with van der Waals surface area (Å²) in [5.74, 6) is 0. The Morgan fingerprint density at radius 3 is 2.53 bits per heavy atom. The summed E-state index contributed by atoms with van der Waals surface area (Å²) in [6.45, 7) is 6.22. The first-order valence-corrected chi connectivity index (χ1v) is 6.41. The zero-order valence-corrected chi connectivity index (χ0v) is 11.1. The molecule has 0 aliphatic heterocycles. The number of aldehydes is 1. The van der Waals surface area contributed by atoms with E-state index in [9.17, 15) is 4.79 Å². The topological polar surface area (TPSA) is 17.1 Å². The van der Waals surface area contributed by atoms with E-state index in [4.69, 9.17) is 0 Å². The SMILES string of the molecule is CCCCC/C(=C(\C)C=O)c1ccccc1C. The second kappa shape index (κ2) is 7.05. The highest BCUT2D eigenvalue weighted by Crippen LogP contribution is 2.26. The Morgan fingerprint density at radius 2 is 1.94 bits per heavy atom. The van der Waals surface area contributed by atoms with Crippen molar-refractivity contribution in [2.45, 2.75) is 46.5 Å². The van der Waals surface area contributed by atoms with Crippen molar-refractivity contribution in [1.29, 1.82) is 0 Å². The third-order valence-corrected chi connectivity index (χ3v) is 3.15. The maximum absolute atomic E-state index is 11.0. The zero-order chi connectivity index (χ0) is 12.7. The molecule has 0 amide bonds. The number of aryl methyl sites for hydroxylation is 1. The van der Waals surface area contributed by atoms with Crippen LogP contribution in [0.3, 0.4) is 0 Å². The molecule has 0 fully saturated rings. The van der Waals surface area contributed by atoms with E-state index in [-0.39, 0.29) is 0 Å². The van der Waals surface area contributed by atoms with Gasteiger partial charge in [-0.1, -0.05) is 44.0 Å². The molecule has 0 heterocycles. The fourth-order valence-corrected chi connectivity index (χ4v) is 2.08. The van der Waals surface area contributed by atoms with Crippen molar-refractivity contribution in [3.63, 3.8) is 0 Å². The molecule has 1 aromatic carbocycles. The van der Waals surface area contributed by atoms with E-state index < -0.39 is 0 Å². The van der Waals surface area contributed by atoms with Crippen molar-refractivity contribution in [1.82, 2.24) is 0 Å². The summed E-state index contributed by atoms with van der Waals surface area (Å²) >= 11 is 0. The molecule has 0 aliphatic carbocycles. The Labute approximate surface area is 105 Å². The molecule has 0 radical (unpaired) electrons. The number of hydrogen-bond acceptors (Lipinski definition) is 1. The lowest BCUT2D eigenvalue weighted by Crippen LogP contribution is -1.94. The van der Waals surface area contributed by atoms with Gasteiger partial charge in [-0.15, -0.1) is 0 Å². The molecular weight excluding hydrogens is 208 g/mol. The smallest absolute Gasteiger partial charge is 0.146 e. The maximum Gasteiger partial charge on any atom is 0.146 e.